The second-order valence-electron chi connectivity index (χ2n) is 4.56. The van der Waals surface area contributed by atoms with Crippen molar-refractivity contribution >= 4 is 16.9 Å². The van der Waals surface area contributed by atoms with E-state index in [-0.39, 0.29) is 11.3 Å². The summed E-state index contributed by atoms with van der Waals surface area (Å²) in [6.45, 7) is 1.89. The van der Waals surface area contributed by atoms with E-state index in [1.807, 2.05) is 31.2 Å². The van der Waals surface area contributed by atoms with Crippen LogP contribution in [0.15, 0.2) is 48.8 Å². The zero-order chi connectivity index (χ0) is 14.8. The number of carboxylic acid groups (broad SMARTS) is 1. The largest absolute Gasteiger partial charge is 0.477 e. The number of aromatic carboxylic acids is 1. The minimum atomic E-state index is -1.08. The lowest BCUT2D eigenvalue weighted by atomic mass is 10.2. The first kappa shape index (κ1) is 13.1. The average molecular weight is 280 g/mol. The monoisotopic (exact) mass is 280 g/mol. The van der Waals surface area contributed by atoms with Crippen LogP contribution in [0.4, 0.5) is 0 Å². The molecule has 0 aliphatic rings. The first-order chi connectivity index (χ1) is 10.1. The number of aromatic nitrogens is 2. The summed E-state index contributed by atoms with van der Waals surface area (Å²) >= 11 is 0. The Hall–Kier alpha value is -2.95. The van der Waals surface area contributed by atoms with Gasteiger partial charge in [-0.2, -0.15) is 0 Å². The standard InChI is InChI=1S/C16H12N2O3/c1-10-5-6-11-3-2-4-14(15(11)18-10)21-13-7-8-17-9-12(13)16(19)20/h2-9H,1H3,(H,19,20). The molecule has 0 unspecified atom stereocenters. The molecule has 0 radical (unpaired) electrons. The summed E-state index contributed by atoms with van der Waals surface area (Å²) in [6.07, 6.45) is 2.76. The first-order valence-corrected chi connectivity index (χ1v) is 6.36. The molecule has 0 aliphatic carbocycles. The van der Waals surface area contributed by atoms with Crippen molar-refractivity contribution in [1.29, 1.82) is 0 Å². The Kier molecular flexibility index (Phi) is 3.23. The molecule has 104 valence electrons. The number of ether oxygens (including phenoxy) is 1. The van der Waals surface area contributed by atoms with Crippen LogP contribution in [0.2, 0.25) is 0 Å². The van der Waals surface area contributed by atoms with E-state index < -0.39 is 5.97 Å². The topological polar surface area (TPSA) is 72.3 Å². The van der Waals surface area contributed by atoms with Gasteiger partial charge in [-0.15, -0.1) is 0 Å². The smallest absolute Gasteiger partial charge is 0.341 e. The molecular weight excluding hydrogens is 268 g/mol. The molecule has 3 rings (SSSR count). The van der Waals surface area contributed by atoms with Crippen LogP contribution in [0.5, 0.6) is 11.5 Å². The van der Waals surface area contributed by atoms with Crippen molar-refractivity contribution in [2.45, 2.75) is 6.92 Å². The number of benzene rings is 1. The molecule has 0 atom stereocenters. The van der Waals surface area contributed by atoms with Crippen molar-refractivity contribution in [3.05, 3.63) is 60.0 Å². The number of hydrogen-bond acceptors (Lipinski definition) is 4. The average Bonchev–Trinajstić information content (AvgIpc) is 2.48. The van der Waals surface area contributed by atoms with E-state index in [2.05, 4.69) is 9.97 Å². The Labute approximate surface area is 120 Å². The summed E-state index contributed by atoms with van der Waals surface area (Å²) in [6, 6.07) is 10.9. The van der Waals surface area contributed by atoms with E-state index in [9.17, 15) is 4.79 Å². The molecule has 0 spiro atoms. The number of fused-ring (bicyclic) bond motifs is 1. The molecular formula is C16H12N2O3. The fourth-order valence-corrected chi connectivity index (χ4v) is 2.05. The predicted octanol–water partition coefficient (Wildman–Crippen LogP) is 3.43. The highest BCUT2D eigenvalue weighted by Crippen LogP contribution is 2.30. The van der Waals surface area contributed by atoms with Crippen LogP contribution in [0, 0.1) is 6.92 Å². The van der Waals surface area contributed by atoms with Crippen LogP contribution in [0.3, 0.4) is 0 Å². The zero-order valence-electron chi connectivity index (χ0n) is 11.3. The molecule has 0 amide bonds. The van der Waals surface area contributed by atoms with Gasteiger partial charge in [-0.1, -0.05) is 18.2 Å². The quantitative estimate of drug-likeness (QED) is 0.795. The normalized spacial score (nSPS) is 10.5. The van der Waals surface area contributed by atoms with Crippen LogP contribution < -0.4 is 4.74 Å². The Morgan fingerprint density at radius 1 is 1.14 bits per heavy atom. The summed E-state index contributed by atoms with van der Waals surface area (Å²) in [4.78, 5) is 19.5. The minimum absolute atomic E-state index is 0.0159. The van der Waals surface area contributed by atoms with Gasteiger partial charge in [-0.05, 0) is 19.1 Å². The van der Waals surface area contributed by atoms with E-state index in [1.54, 1.807) is 6.07 Å². The zero-order valence-corrected chi connectivity index (χ0v) is 11.3. The Morgan fingerprint density at radius 3 is 2.81 bits per heavy atom. The number of carbonyl (C=O) groups is 1. The molecule has 0 bridgehead atoms. The van der Waals surface area contributed by atoms with Gasteiger partial charge < -0.3 is 9.84 Å². The van der Waals surface area contributed by atoms with Gasteiger partial charge >= 0.3 is 5.97 Å². The highest BCUT2D eigenvalue weighted by molar-refractivity contribution is 5.91. The van der Waals surface area contributed by atoms with Gasteiger partial charge in [0.25, 0.3) is 0 Å². The lowest BCUT2D eigenvalue weighted by molar-refractivity contribution is 0.0693. The number of rotatable bonds is 3. The number of nitrogens with zero attached hydrogens (tertiary/aromatic N) is 2. The van der Waals surface area contributed by atoms with E-state index >= 15 is 0 Å². The van der Waals surface area contributed by atoms with Crippen molar-refractivity contribution in [2.75, 3.05) is 0 Å². The van der Waals surface area contributed by atoms with E-state index in [1.165, 1.54) is 18.5 Å². The second-order valence-corrected chi connectivity index (χ2v) is 4.56. The summed E-state index contributed by atoms with van der Waals surface area (Å²) < 4.78 is 5.76. The van der Waals surface area contributed by atoms with E-state index in [0.29, 0.717) is 11.3 Å². The molecule has 5 heteroatoms. The molecule has 1 aromatic carbocycles. The highest BCUT2D eigenvalue weighted by atomic mass is 16.5. The molecule has 2 heterocycles. The Bertz CT molecular complexity index is 831. The summed E-state index contributed by atoms with van der Waals surface area (Å²) in [5.74, 6) is -0.319. The molecule has 0 aliphatic heterocycles. The van der Waals surface area contributed by atoms with Crippen molar-refractivity contribution in [1.82, 2.24) is 9.97 Å². The maximum Gasteiger partial charge on any atom is 0.341 e. The second kappa shape index (κ2) is 5.20. The van der Waals surface area contributed by atoms with Crippen molar-refractivity contribution < 1.29 is 14.6 Å². The lowest BCUT2D eigenvalue weighted by Crippen LogP contribution is -2.01. The molecule has 0 fully saturated rings. The number of carboxylic acids is 1. The molecule has 1 N–H and O–H groups in total. The molecule has 5 nitrogen and oxygen atoms in total. The number of aryl methyl sites for hydroxylation is 1. The number of hydrogen-bond donors (Lipinski definition) is 1. The third kappa shape index (κ3) is 2.53. The molecule has 2 aromatic heterocycles. The number of para-hydroxylation sites is 1. The lowest BCUT2D eigenvalue weighted by Gasteiger charge is -2.10. The third-order valence-corrected chi connectivity index (χ3v) is 3.05. The van der Waals surface area contributed by atoms with Gasteiger partial charge in [0.05, 0.1) is 0 Å². The van der Waals surface area contributed by atoms with Crippen LogP contribution >= 0.6 is 0 Å². The van der Waals surface area contributed by atoms with Crippen LogP contribution in [0.25, 0.3) is 10.9 Å². The fraction of sp³-hybridized carbons (Fsp3) is 0.0625. The van der Waals surface area contributed by atoms with E-state index in [4.69, 9.17) is 9.84 Å². The van der Waals surface area contributed by atoms with Gasteiger partial charge in [0.1, 0.15) is 16.8 Å². The van der Waals surface area contributed by atoms with Crippen molar-refractivity contribution in [3.63, 3.8) is 0 Å². The van der Waals surface area contributed by atoms with Gasteiger partial charge in [-0.3, -0.25) is 4.98 Å². The molecule has 3 aromatic rings. The molecule has 0 saturated heterocycles. The molecule has 21 heavy (non-hydrogen) atoms. The summed E-state index contributed by atoms with van der Waals surface area (Å²) in [5.41, 5.74) is 1.58. The molecule has 0 saturated carbocycles. The SMILES string of the molecule is Cc1ccc2cccc(Oc3ccncc3C(=O)O)c2n1. The van der Waals surface area contributed by atoms with Gasteiger partial charge in [0, 0.05) is 29.5 Å². The summed E-state index contributed by atoms with van der Waals surface area (Å²) in [5, 5.41) is 10.1. The minimum Gasteiger partial charge on any atom is -0.477 e. The fourth-order valence-electron chi connectivity index (χ4n) is 2.05. The van der Waals surface area contributed by atoms with Gasteiger partial charge in [0.15, 0.2) is 5.75 Å². The van der Waals surface area contributed by atoms with Crippen molar-refractivity contribution in [2.24, 2.45) is 0 Å². The maximum absolute atomic E-state index is 11.2. The van der Waals surface area contributed by atoms with Crippen molar-refractivity contribution in [3.8, 4) is 11.5 Å². The Morgan fingerprint density at radius 2 is 2.00 bits per heavy atom. The first-order valence-electron chi connectivity index (χ1n) is 6.36. The van der Waals surface area contributed by atoms with Crippen LogP contribution in [0.1, 0.15) is 16.1 Å². The Balaban J connectivity index is 2.11. The van der Waals surface area contributed by atoms with E-state index in [0.717, 1.165) is 11.1 Å². The van der Waals surface area contributed by atoms with Crippen LogP contribution in [-0.4, -0.2) is 21.0 Å². The van der Waals surface area contributed by atoms with Gasteiger partial charge in [-0.25, -0.2) is 9.78 Å². The highest BCUT2D eigenvalue weighted by Gasteiger charge is 2.13. The third-order valence-electron chi connectivity index (χ3n) is 3.05. The number of pyridine rings is 2. The summed E-state index contributed by atoms with van der Waals surface area (Å²) in [7, 11) is 0. The van der Waals surface area contributed by atoms with Gasteiger partial charge in [0.2, 0.25) is 0 Å². The predicted molar refractivity (Wildman–Crippen MR) is 77.8 cm³/mol. The van der Waals surface area contributed by atoms with Crippen LogP contribution in [-0.2, 0) is 0 Å². The maximum atomic E-state index is 11.2.